The molecule has 0 radical (unpaired) electrons. The number of rotatable bonds is 6. The lowest BCUT2D eigenvalue weighted by Crippen LogP contribution is -2.23. The third kappa shape index (κ3) is 3.13. The molecule has 2 N–H and O–H groups in total. The lowest BCUT2D eigenvalue weighted by atomic mass is 10.2. The summed E-state index contributed by atoms with van der Waals surface area (Å²) in [6, 6.07) is 1.91. The monoisotopic (exact) mass is 281 g/mol. The summed E-state index contributed by atoms with van der Waals surface area (Å²) in [5.41, 5.74) is 0.954. The third-order valence-corrected chi connectivity index (χ3v) is 4.24. The molecule has 104 valence electrons. The molecule has 0 saturated carbocycles. The second-order valence-corrected chi connectivity index (χ2v) is 5.61. The highest BCUT2D eigenvalue weighted by Crippen LogP contribution is 2.27. The van der Waals surface area contributed by atoms with Gasteiger partial charge in [-0.15, -0.1) is 11.3 Å². The molecule has 0 spiro atoms. The van der Waals surface area contributed by atoms with Gasteiger partial charge in [-0.05, 0) is 32.3 Å². The highest BCUT2D eigenvalue weighted by Gasteiger charge is 2.14. The van der Waals surface area contributed by atoms with E-state index in [1.54, 1.807) is 0 Å². The van der Waals surface area contributed by atoms with Crippen LogP contribution < -0.4 is 5.32 Å². The Morgan fingerprint density at radius 1 is 1.47 bits per heavy atom. The third-order valence-electron chi connectivity index (χ3n) is 3.04. The topological polar surface area (TPSA) is 67.2 Å². The Labute approximate surface area is 116 Å². The van der Waals surface area contributed by atoms with Crippen LogP contribution in [0.1, 0.15) is 34.6 Å². The largest absolute Gasteiger partial charge is 0.396 e. The van der Waals surface area contributed by atoms with E-state index in [0.717, 1.165) is 40.1 Å². The van der Waals surface area contributed by atoms with E-state index >= 15 is 0 Å². The van der Waals surface area contributed by atoms with Gasteiger partial charge in [0.05, 0.1) is 10.6 Å². The Morgan fingerprint density at radius 2 is 2.26 bits per heavy atom. The van der Waals surface area contributed by atoms with Gasteiger partial charge in [-0.3, -0.25) is 9.48 Å². The maximum atomic E-state index is 12.0. The number of hydrogen-bond acceptors (Lipinski definition) is 4. The van der Waals surface area contributed by atoms with E-state index in [1.807, 2.05) is 24.7 Å². The first kappa shape index (κ1) is 14.0. The number of aromatic nitrogens is 2. The quantitative estimate of drug-likeness (QED) is 0.794. The number of aliphatic hydroxyl groups is 1. The zero-order valence-electron chi connectivity index (χ0n) is 11.3. The zero-order chi connectivity index (χ0) is 13.8. The SMILES string of the molecule is Cc1nn(C)c2sc(C(=O)NCCCCCO)cc12. The van der Waals surface area contributed by atoms with Gasteiger partial charge in [-0.1, -0.05) is 0 Å². The molecule has 0 bridgehead atoms. The minimum atomic E-state index is -0.0235. The van der Waals surface area contributed by atoms with E-state index in [2.05, 4.69) is 10.4 Å². The number of unbranched alkanes of at least 4 members (excludes halogenated alkanes) is 2. The number of fused-ring (bicyclic) bond motifs is 1. The fourth-order valence-electron chi connectivity index (χ4n) is 2.02. The van der Waals surface area contributed by atoms with Gasteiger partial charge in [0.25, 0.3) is 5.91 Å². The van der Waals surface area contributed by atoms with Crippen LogP contribution >= 0.6 is 11.3 Å². The van der Waals surface area contributed by atoms with Crippen LogP contribution in [0.25, 0.3) is 10.2 Å². The number of thiophene rings is 1. The van der Waals surface area contributed by atoms with Crippen molar-refractivity contribution in [2.24, 2.45) is 7.05 Å². The normalized spacial score (nSPS) is 11.1. The molecule has 0 aliphatic heterocycles. The molecule has 2 heterocycles. The van der Waals surface area contributed by atoms with Gasteiger partial charge in [0.1, 0.15) is 4.83 Å². The summed E-state index contributed by atoms with van der Waals surface area (Å²) in [5.74, 6) is -0.0235. The molecule has 0 aliphatic rings. The van der Waals surface area contributed by atoms with Gasteiger partial charge in [0.2, 0.25) is 0 Å². The molecule has 0 saturated heterocycles. The van der Waals surface area contributed by atoms with E-state index in [4.69, 9.17) is 5.11 Å². The molecular weight excluding hydrogens is 262 g/mol. The predicted molar refractivity (Wildman–Crippen MR) is 76.6 cm³/mol. The average Bonchev–Trinajstić information content (AvgIpc) is 2.92. The van der Waals surface area contributed by atoms with E-state index in [1.165, 1.54) is 11.3 Å². The number of carbonyl (C=O) groups excluding carboxylic acids is 1. The van der Waals surface area contributed by atoms with Crippen molar-refractivity contribution in [2.75, 3.05) is 13.2 Å². The number of carbonyl (C=O) groups is 1. The molecule has 0 atom stereocenters. The van der Waals surface area contributed by atoms with Crippen molar-refractivity contribution in [3.8, 4) is 0 Å². The Kier molecular flexibility index (Phi) is 4.55. The number of hydrogen-bond donors (Lipinski definition) is 2. The van der Waals surface area contributed by atoms with Gasteiger partial charge < -0.3 is 10.4 Å². The summed E-state index contributed by atoms with van der Waals surface area (Å²) in [6.07, 6.45) is 2.63. The number of amides is 1. The molecule has 6 heteroatoms. The minimum Gasteiger partial charge on any atom is -0.396 e. The maximum absolute atomic E-state index is 12.0. The van der Waals surface area contributed by atoms with Crippen LogP contribution in [0.4, 0.5) is 0 Å². The second-order valence-electron chi connectivity index (χ2n) is 4.58. The molecule has 0 aromatic carbocycles. The number of nitrogens with zero attached hydrogens (tertiary/aromatic N) is 2. The van der Waals surface area contributed by atoms with Gasteiger partial charge in [0.15, 0.2) is 0 Å². The fraction of sp³-hybridized carbons (Fsp3) is 0.538. The first-order chi connectivity index (χ1) is 9.13. The van der Waals surface area contributed by atoms with Crippen LogP contribution in [0, 0.1) is 6.92 Å². The Morgan fingerprint density at radius 3 is 2.95 bits per heavy atom. The fourth-order valence-corrected chi connectivity index (χ4v) is 3.06. The summed E-state index contributed by atoms with van der Waals surface area (Å²) in [4.78, 5) is 13.7. The maximum Gasteiger partial charge on any atom is 0.261 e. The molecule has 2 aromatic rings. The average molecular weight is 281 g/mol. The van der Waals surface area contributed by atoms with E-state index < -0.39 is 0 Å². The molecule has 0 unspecified atom stereocenters. The van der Waals surface area contributed by atoms with Crippen LogP contribution in [0.3, 0.4) is 0 Å². The van der Waals surface area contributed by atoms with Crippen molar-refractivity contribution in [1.29, 1.82) is 0 Å². The molecule has 2 rings (SSSR count). The number of nitrogens with one attached hydrogen (secondary N) is 1. The zero-order valence-corrected chi connectivity index (χ0v) is 12.1. The standard InChI is InChI=1S/C13H19N3O2S/c1-9-10-8-11(19-13(10)16(2)15-9)12(18)14-6-4-3-5-7-17/h8,17H,3-7H2,1-2H3,(H,14,18). The number of aryl methyl sites for hydroxylation is 2. The van der Waals surface area contributed by atoms with Crippen LogP contribution in [0.2, 0.25) is 0 Å². The van der Waals surface area contributed by atoms with Crippen molar-refractivity contribution in [2.45, 2.75) is 26.2 Å². The minimum absolute atomic E-state index is 0.0235. The van der Waals surface area contributed by atoms with Gasteiger partial charge >= 0.3 is 0 Å². The molecule has 1 amide bonds. The molecule has 19 heavy (non-hydrogen) atoms. The van der Waals surface area contributed by atoms with E-state index in [-0.39, 0.29) is 12.5 Å². The summed E-state index contributed by atoms with van der Waals surface area (Å²) in [5, 5.41) is 16.9. The lowest BCUT2D eigenvalue weighted by Gasteiger charge is -2.02. The lowest BCUT2D eigenvalue weighted by molar-refractivity contribution is 0.0957. The Bertz CT molecular complexity index is 539. The van der Waals surface area contributed by atoms with Crippen molar-refractivity contribution in [1.82, 2.24) is 15.1 Å². The van der Waals surface area contributed by atoms with Crippen LogP contribution in [0.5, 0.6) is 0 Å². The van der Waals surface area contributed by atoms with Crippen molar-refractivity contribution < 1.29 is 9.90 Å². The molecule has 5 nitrogen and oxygen atoms in total. The van der Waals surface area contributed by atoms with E-state index in [9.17, 15) is 4.79 Å². The van der Waals surface area contributed by atoms with Crippen LogP contribution in [-0.2, 0) is 7.05 Å². The summed E-state index contributed by atoms with van der Waals surface area (Å²) < 4.78 is 1.81. The predicted octanol–water partition coefficient (Wildman–Crippen LogP) is 1.84. The first-order valence-corrected chi connectivity index (χ1v) is 7.27. The highest BCUT2D eigenvalue weighted by molar-refractivity contribution is 7.20. The van der Waals surface area contributed by atoms with Crippen LogP contribution in [-0.4, -0.2) is 33.9 Å². The highest BCUT2D eigenvalue weighted by atomic mass is 32.1. The summed E-state index contributed by atoms with van der Waals surface area (Å²) in [7, 11) is 1.89. The molecule has 0 aliphatic carbocycles. The molecule has 2 aromatic heterocycles. The molecule has 0 fully saturated rings. The number of aliphatic hydroxyl groups excluding tert-OH is 1. The van der Waals surface area contributed by atoms with E-state index in [0.29, 0.717) is 6.54 Å². The van der Waals surface area contributed by atoms with Gasteiger partial charge in [-0.2, -0.15) is 5.10 Å². The van der Waals surface area contributed by atoms with Crippen molar-refractivity contribution in [3.63, 3.8) is 0 Å². The van der Waals surface area contributed by atoms with Crippen molar-refractivity contribution in [3.05, 3.63) is 16.6 Å². The first-order valence-electron chi connectivity index (χ1n) is 6.45. The van der Waals surface area contributed by atoms with Gasteiger partial charge in [-0.25, -0.2) is 0 Å². The van der Waals surface area contributed by atoms with Crippen LogP contribution in [0.15, 0.2) is 6.07 Å². The second kappa shape index (κ2) is 6.16. The smallest absolute Gasteiger partial charge is 0.261 e. The Hall–Kier alpha value is -1.40. The summed E-state index contributed by atoms with van der Waals surface area (Å²) >= 11 is 1.47. The summed E-state index contributed by atoms with van der Waals surface area (Å²) in [6.45, 7) is 2.83. The molecular formula is C13H19N3O2S. The van der Waals surface area contributed by atoms with Crippen molar-refractivity contribution >= 4 is 27.5 Å². The Balaban J connectivity index is 1.96. The van der Waals surface area contributed by atoms with Gasteiger partial charge in [0, 0.05) is 25.6 Å².